The largest absolute Gasteiger partial charge is 0.507 e. The van der Waals surface area contributed by atoms with Crippen molar-refractivity contribution in [1.82, 2.24) is 9.97 Å². The third kappa shape index (κ3) is 9.43. The third-order valence-electron chi connectivity index (χ3n) is 12.5. The fourth-order valence-electron chi connectivity index (χ4n) is 8.06. The fourth-order valence-corrected chi connectivity index (χ4v) is 8.06. The molecule has 5 N–H and O–H groups in total. The minimum Gasteiger partial charge on any atom is -0.507 e. The molecule has 2 aromatic carbocycles. The Hall–Kier alpha value is -5.84. The highest BCUT2D eigenvalue weighted by Crippen LogP contribution is 2.53. The summed E-state index contributed by atoms with van der Waals surface area (Å²) in [7, 11) is 4.38. The number of phenols is 2. The molecule has 5 bridgehead atoms. The zero-order chi connectivity index (χ0) is 46.9. The van der Waals surface area contributed by atoms with Gasteiger partial charge in [-0.3, -0.25) is 14.8 Å². The van der Waals surface area contributed by atoms with Crippen molar-refractivity contribution < 1.29 is 53.7 Å². The number of nitrogens with one attached hydrogen (secondary N) is 1. The molecule has 3 aromatic rings. The molecule has 7 rings (SSSR count). The van der Waals surface area contributed by atoms with Crippen LogP contribution in [0.3, 0.4) is 0 Å². The number of methoxy groups -OCH3 is 3. The van der Waals surface area contributed by atoms with Crippen LogP contribution in [0.4, 0.5) is 5.69 Å². The number of carbonyl (C=O) groups excluding carboxylic acids is 2. The average Bonchev–Trinajstić information content (AvgIpc) is 3.73. The van der Waals surface area contributed by atoms with Gasteiger partial charge in [-0.15, -0.1) is 0 Å². The number of esters is 1. The lowest BCUT2D eigenvalue weighted by Crippen LogP contribution is -2.41. The molecule has 16 heteroatoms. The summed E-state index contributed by atoms with van der Waals surface area (Å²) in [5.74, 6) is -3.38. The number of fused-ring (bicyclic) bond motifs is 13. The second-order valence-corrected chi connectivity index (χ2v) is 17.1. The first-order valence-electron chi connectivity index (χ1n) is 20.8. The summed E-state index contributed by atoms with van der Waals surface area (Å²) in [6.07, 6.45) is 9.02. The molecule has 0 saturated heterocycles. The molecule has 0 radical (unpaired) electrons. The Morgan fingerprint density at radius 2 is 1.52 bits per heavy atom. The van der Waals surface area contributed by atoms with Crippen LogP contribution in [-0.2, 0) is 19.0 Å². The van der Waals surface area contributed by atoms with Gasteiger partial charge in [0.1, 0.15) is 28.2 Å². The van der Waals surface area contributed by atoms with Gasteiger partial charge in [0.25, 0.3) is 11.7 Å². The number of aliphatic hydroxyl groups excluding tert-OH is 2. The van der Waals surface area contributed by atoms with Gasteiger partial charge in [-0.05, 0) is 51.5 Å². The number of aliphatic hydroxyl groups is 2. The second kappa shape index (κ2) is 18.9. The van der Waals surface area contributed by atoms with Crippen LogP contribution in [0, 0.1) is 36.5 Å². The van der Waals surface area contributed by atoms with Crippen molar-refractivity contribution in [2.45, 2.75) is 99.0 Å². The molecule has 16 nitrogen and oxygen atoms in total. The number of rotatable bonds is 3. The van der Waals surface area contributed by atoms with E-state index in [2.05, 4.69) is 33.5 Å². The summed E-state index contributed by atoms with van der Waals surface area (Å²) in [5.41, 5.74) is 0.836. The van der Waals surface area contributed by atoms with Crippen LogP contribution in [0.25, 0.3) is 16.3 Å². The molecule has 340 valence electrons. The number of phenolic OH excluding ortho intramolecular Hbond substituents is 2. The van der Waals surface area contributed by atoms with E-state index in [4.69, 9.17) is 28.9 Å². The average molecular weight is 872 g/mol. The Morgan fingerprint density at radius 3 is 2.13 bits per heavy atom. The number of ether oxygens (including phenoxy) is 5. The first-order valence-corrected chi connectivity index (χ1v) is 20.8. The van der Waals surface area contributed by atoms with E-state index in [0.29, 0.717) is 44.6 Å². The predicted octanol–water partition coefficient (Wildman–Crippen LogP) is 5.84. The van der Waals surface area contributed by atoms with Crippen LogP contribution in [0.1, 0.15) is 83.9 Å². The highest BCUT2D eigenvalue weighted by molar-refractivity contribution is 6.11. The van der Waals surface area contributed by atoms with Gasteiger partial charge in [0.15, 0.2) is 11.4 Å². The van der Waals surface area contributed by atoms with Crippen molar-refractivity contribution in [3.05, 3.63) is 82.6 Å². The molecule has 63 heavy (non-hydrogen) atoms. The Labute approximate surface area is 367 Å². The molecular weight excluding hydrogens is 811 g/mol. The Kier molecular flexibility index (Phi) is 14.4. The van der Waals surface area contributed by atoms with Crippen molar-refractivity contribution in [1.29, 1.82) is 0 Å². The quantitative estimate of drug-likeness (QED) is 0.154. The molecule has 4 aliphatic heterocycles. The fraction of sp³-hybridized carbons (Fsp3) is 0.489. The highest BCUT2D eigenvalue weighted by atomic mass is 16.7. The van der Waals surface area contributed by atoms with E-state index >= 15 is 0 Å². The minimum atomic E-state index is -1.41. The number of carbonyl (C=O) groups is 2. The van der Waals surface area contributed by atoms with Crippen LogP contribution in [0.5, 0.6) is 23.1 Å². The van der Waals surface area contributed by atoms with Gasteiger partial charge in [0, 0.05) is 53.5 Å². The first-order chi connectivity index (χ1) is 29.5. The summed E-state index contributed by atoms with van der Waals surface area (Å²) in [5, 5.41) is 49.9. The number of anilines is 1. The smallest absolute Gasteiger partial charge is 0.358 e. The number of amides is 1. The number of hydrogen-bond donors (Lipinski definition) is 5. The zero-order valence-electron chi connectivity index (χ0n) is 38.3. The van der Waals surface area contributed by atoms with E-state index in [1.54, 1.807) is 66.0 Å². The third-order valence-corrected chi connectivity index (χ3v) is 12.5. The van der Waals surface area contributed by atoms with Gasteiger partial charge in [0.05, 0.1) is 61.9 Å². The van der Waals surface area contributed by atoms with Gasteiger partial charge < -0.3 is 49.4 Å². The Morgan fingerprint density at radius 1 is 0.857 bits per heavy atom. The summed E-state index contributed by atoms with van der Waals surface area (Å²) in [6, 6.07) is 0. The molecule has 0 spiro atoms. The van der Waals surface area contributed by atoms with E-state index in [9.17, 15) is 30.0 Å². The SMILES string of the molecule is C=C1c2c3c(C)c(O)c4c(O)c(c5c(c24)=NC(C)(C)N=5)NC(=O)/C(C)=C\C=C\[C@H](C)[C@H](O)[C@@H](C)[C@@H](O)[C@@H](C)[C@H](C)[C@H](C)[C@@H](OC)/C=C/O[C@@]1(C)O3.COC(=O)c1cnc(OC)cn1. The van der Waals surface area contributed by atoms with Crippen LogP contribution in [0.2, 0.25) is 0 Å². The highest BCUT2D eigenvalue weighted by Gasteiger charge is 2.45. The predicted molar refractivity (Wildman–Crippen MR) is 237 cm³/mol. The van der Waals surface area contributed by atoms with Gasteiger partial charge in [-0.2, -0.15) is 0 Å². The van der Waals surface area contributed by atoms with Gasteiger partial charge in [-0.25, -0.2) is 14.8 Å². The number of aromatic nitrogens is 2. The summed E-state index contributed by atoms with van der Waals surface area (Å²) >= 11 is 0. The molecule has 4 aliphatic rings. The van der Waals surface area contributed by atoms with Crippen molar-refractivity contribution in [3.63, 3.8) is 0 Å². The maximum atomic E-state index is 13.6. The normalized spacial score (nSPS) is 29.9. The van der Waals surface area contributed by atoms with E-state index in [1.165, 1.54) is 32.9 Å². The van der Waals surface area contributed by atoms with Crippen LogP contribution < -0.4 is 25.5 Å². The van der Waals surface area contributed by atoms with Crippen molar-refractivity contribution in [2.75, 3.05) is 26.6 Å². The van der Waals surface area contributed by atoms with Gasteiger partial charge in [-0.1, -0.05) is 59.4 Å². The number of hydrogen-bond acceptors (Lipinski definition) is 15. The second-order valence-electron chi connectivity index (χ2n) is 17.1. The molecule has 0 saturated carbocycles. The molecule has 1 amide bonds. The van der Waals surface area contributed by atoms with E-state index in [0.717, 1.165) is 0 Å². The molecule has 0 fully saturated rings. The number of aromatic hydroxyl groups is 2. The van der Waals surface area contributed by atoms with E-state index in [-0.39, 0.29) is 63.4 Å². The van der Waals surface area contributed by atoms with Gasteiger partial charge in [0.2, 0.25) is 5.88 Å². The lowest BCUT2D eigenvalue weighted by atomic mass is 9.74. The van der Waals surface area contributed by atoms with Crippen molar-refractivity contribution in [2.24, 2.45) is 39.6 Å². The summed E-state index contributed by atoms with van der Waals surface area (Å²) in [6.45, 7) is 22.8. The molecule has 9 atom stereocenters. The van der Waals surface area contributed by atoms with E-state index in [1.807, 2.05) is 27.7 Å². The first kappa shape index (κ1) is 48.2. The Balaban J connectivity index is 0.000000538. The number of allylic oxidation sites excluding steroid dienone is 2. The number of nitrogens with zero attached hydrogens (tertiary/aromatic N) is 4. The topological polar surface area (TPSA) is 224 Å². The molecule has 5 heterocycles. The summed E-state index contributed by atoms with van der Waals surface area (Å²) < 4.78 is 27.7. The zero-order valence-corrected chi connectivity index (χ0v) is 38.3. The van der Waals surface area contributed by atoms with E-state index < -0.39 is 41.5 Å². The van der Waals surface area contributed by atoms with Gasteiger partial charge >= 0.3 is 5.97 Å². The molecule has 0 unspecified atom stereocenters. The van der Waals surface area contributed by atoms with Crippen LogP contribution in [-0.4, -0.2) is 93.4 Å². The molecule has 0 aliphatic carbocycles. The maximum absolute atomic E-state index is 13.6. The van der Waals surface area contributed by atoms with Crippen molar-refractivity contribution >= 4 is 33.9 Å². The molecule has 1 aromatic heterocycles. The molecular formula is C47H61N5O11. The van der Waals surface area contributed by atoms with Crippen molar-refractivity contribution in [3.8, 4) is 23.1 Å². The monoisotopic (exact) mass is 871 g/mol. The number of benzene rings is 2. The maximum Gasteiger partial charge on any atom is 0.358 e. The lowest BCUT2D eigenvalue weighted by molar-refractivity contribution is -0.112. The lowest BCUT2D eigenvalue weighted by Gasteiger charge is -2.37. The Bertz CT molecular complexity index is 2480. The standard InChI is InChI=1S/C40H53N3O8.C7H8N2O3/c1-18-14-13-15-19(2)38(48)41-32-31-30(42-39(9,10)43-31)28-27-25(8)40(11,51-37(27)24(7)35(46)29(28)36(32)47)50-17-16-26(49-12)21(4)20(3)22(5)34(45)23(6)33(18)44;1-11-6-4-8-5(3-9-6)7(10)12-2/h13-18,20-23,26,33-34,44-47H,8H2,1-7,9-12H3,(H,41,48);3-4H,1-2H3/b14-13+,17-16+,19-15-;/t18-,20+,21-,22-,23+,26-,33-,34-,40-;/m0./s1. The summed E-state index contributed by atoms with van der Waals surface area (Å²) in [4.78, 5) is 41.6. The minimum absolute atomic E-state index is 0.0128. The van der Waals surface area contributed by atoms with Crippen LogP contribution >= 0.6 is 0 Å². The van der Waals surface area contributed by atoms with Crippen LogP contribution in [0.15, 0.2) is 65.1 Å².